The summed E-state index contributed by atoms with van der Waals surface area (Å²) < 4.78 is 0. The lowest BCUT2D eigenvalue weighted by Crippen LogP contribution is -2.12. The van der Waals surface area contributed by atoms with Crippen molar-refractivity contribution in [2.24, 2.45) is 0 Å². The highest BCUT2D eigenvalue weighted by molar-refractivity contribution is 5.93. The molecule has 0 spiro atoms. The van der Waals surface area contributed by atoms with Gasteiger partial charge in [0.1, 0.15) is 0 Å². The van der Waals surface area contributed by atoms with Crippen molar-refractivity contribution in [2.75, 3.05) is 0 Å². The van der Waals surface area contributed by atoms with Gasteiger partial charge in [-0.3, -0.25) is 4.98 Å². The lowest BCUT2D eigenvalue weighted by atomic mass is 10.1. The first-order chi connectivity index (χ1) is 8.74. The van der Waals surface area contributed by atoms with E-state index in [4.69, 9.17) is 0 Å². The molecule has 0 saturated heterocycles. The minimum absolute atomic E-state index is 0.328. The molecule has 2 aromatic heterocycles. The number of hydrogen-bond donors (Lipinski definition) is 1. The number of fused-ring (bicyclic) bond motifs is 1. The van der Waals surface area contributed by atoms with Crippen LogP contribution in [0.4, 0.5) is 0 Å². The van der Waals surface area contributed by atoms with Crippen LogP contribution in [0, 0.1) is 6.92 Å². The molecule has 0 saturated carbocycles. The van der Waals surface area contributed by atoms with Crippen LogP contribution in [-0.4, -0.2) is 15.0 Å². The third-order valence-electron chi connectivity index (χ3n) is 2.80. The third kappa shape index (κ3) is 1.78. The van der Waals surface area contributed by atoms with Gasteiger partial charge in [-0.05, 0) is 25.1 Å². The van der Waals surface area contributed by atoms with Gasteiger partial charge in [-0.25, -0.2) is 4.79 Å². The fourth-order valence-corrected chi connectivity index (χ4v) is 2.04. The summed E-state index contributed by atoms with van der Waals surface area (Å²) in [5.74, 6) is 0. The molecule has 0 bridgehead atoms. The van der Waals surface area contributed by atoms with E-state index in [1.54, 1.807) is 6.20 Å². The molecular formula is C14H11N3O. The summed E-state index contributed by atoms with van der Waals surface area (Å²) in [5, 5.41) is 0.998. The van der Waals surface area contributed by atoms with Gasteiger partial charge in [0, 0.05) is 22.8 Å². The van der Waals surface area contributed by atoms with Crippen molar-refractivity contribution in [3.63, 3.8) is 0 Å². The average Bonchev–Trinajstić information content (AvgIpc) is 2.37. The third-order valence-corrected chi connectivity index (χ3v) is 2.80. The van der Waals surface area contributed by atoms with Gasteiger partial charge in [-0.1, -0.05) is 18.2 Å². The van der Waals surface area contributed by atoms with E-state index >= 15 is 0 Å². The largest absolute Gasteiger partial charge is 0.345 e. The lowest BCUT2D eigenvalue weighted by molar-refractivity contribution is 1.03. The Bertz CT molecular complexity index is 772. The molecule has 0 radical (unpaired) electrons. The number of aromatic amines is 1. The van der Waals surface area contributed by atoms with Gasteiger partial charge < -0.3 is 4.98 Å². The van der Waals surface area contributed by atoms with Crippen LogP contribution in [0.2, 0.25) is 0 Å². The van der Waals surface area contributed by atoms with Crippen LogP contribution in [0.1, 0.15) is 5.69 Å². The maximum absolute atomic E-state index is 11.4. The molecule has 1 aromatic carbocycles. The molecule has 3 aromatic rings. The number of hydrogen-bond acceptors (Lipinski definition) is 3. The highest BCUT2D eigenvalue weighted by Crippen LogP contribution is 2.25. The normalized spacial score (nSPS) is 10.7. The average molecular weight is 237 g/mol. The first kappa shape index (κ1) is 10.7. The molecule has 0 unspecified atom stereocenters. The minimum Gasteiger partial charge on any atom is -0.310 e. The van der Waals surface area contributed by atoms with Crippen molar-refractivity contribution in [2.45, 2.75) is 6.92 Å². The summed E-state index contributed by atoms with van der Waals surface area (Å²) in [4.78, 5) is 22.4. The Morgan fingerprint density at radius 3 is 2.89 bits per heavy atom. The van der Waals surface area contributed by atoms with E-state index in [0.29, 0.717) is 5.69 Å². The molecule has 0 atom stereocenters. The van der Waals surface area contributed by atoms with Crippen LogP contribution < -0.4 is 5.69 Å². The van der Waals surface area contributed by atoms with E-state index in [1.807, 2.05) is 43.3 Å². The monoisotopic (exact) mass is 237 g/mol. The Hall–Kier alpha value is -2.49. The van der Waals surface area contributed by atoms with E-state index in [1.165, 1.54) is 0 Å². The Morgan fingerprint density at radius 2 is 2.06 bits per heavy atom. The van der Waals surface area contributed by atoms with E-state index < -0.39 is 0 Å². The van der Waals surface area contributed by atoms with Crippen molar-refractivity contribution in [1.82, 2.24) is 15.0 Å². The zero-order chi connectivity index (χ0) is 12.5. The molecule has 0 amide bonds. The summed E-state index contributed by atoms with van der Waals surface area (Å²) in [6.07, 6.45) is 1.75. The highest BCUT2D eigenvalue weighted by Gasteiger charge is 2.06. The Kier molecular flexibility index (Phi) is 2.41. The van der Waals surface area contributed by atoms with Crippen LogP contribution in [0.25, 0.3) is 22.2 Å². The first-order valence-corrected chi connectivity index (χ1v) is 5.66. The van der Waals surface area contributed by atoms with E-state index in [9.17, 15) is 4.79 Å². The number of benzene rings is 1. The fourth-order valence-electron chi connectivity index (χ4n) is 2.04. The number of nitrogens with one attached hydrogen (secondary N) is 1. The van der Waals surface area contributed by atoms with Gasteiger partial charge in [-0.15, -0.1) is 0 Å². The van der Waals surface area contributed by atoms with Crippen molar-refractivity contribution in [1.29, 1.82) is 0 Å². The first-order valence-electron chi connectivity index (χ1n) is 5.66. The van der Waals surface area contributed by atoms with E-state index in [0.717, 1.165) is 22.2 Å². The second-order valence-electron chi connectivity index (χ2n) is 4.13. The van der Waals surface area contributed by atoms with E-state index in [2.05, 4.69) is 15.0 Å². The van der Waals surface area contributed by atoms with Crippen LogP contribution in [0.5, 0.6) is 0 Å². The fraction of sp³-hybridized carbons (Fsp3) is 0.0714. The van der Waals surface area contributed by atoms with Gasteiger partial charge in [0.05, 0.1) is 11.2 Å². The molecule has 4 heteroatoms. The number of rotatable bonds is 1. The van der Waals surface area contributed by atoms with Crippen LogP contribution in [0.3, 0.4) is 0 Å². The Labute approximate surface area is 103 Å². The second kappa shape index (κ2) is 4.07. The van der Waals surface area contributed by atoms with Gasteiger partial charge in [0.2, 0.25) is 0 Å². The molecule has 3 rings (SSSR count). The summed E-state index contributed by atoms with van der Waals surface area (Å²) >= 11 is 0. The second-order valence-corrected chi connectivity index (χ2v) is 4.13. The van der Waals surface area contributed by atoms with Crippen LogP contribution >= 0.6 is 0 Å². The summed E-state index contributed by atoms with van der Waals surface area (Å²) in [5.41, 5.74) is 2.97. The number of nitrogens with zero attached hydrogens (tertiary/aromatic N) is 2. The molecule has 0 aliphatic heterocycles. The summed E-state index contributed by atoms with van der Waals surface area (Å²) in [6, 6.07) is 11.5. The Morgan fingerprint density at radius 1 is 1.17 bits per heavy atom. The molecule has 88 valence electrons. The van der Waals surface area contributed by atoms with E-state index in [-0.39, 0.29) is 5.69 Å². The lowest BCUT2D eigenvalue weighted by Gasteiger charge is -2.05. The highest BCUT2D eigenvalue weighted by atomic mass is 16.1. The van der Waals surface area contributed by atoms with Gasteiger partial charge >= 0.3 is 5.69 Å². The molecule has 2 heterocycles. The maximum Gasteiger partial charge on any atom is 0.345 e. The van der Waals surface area contributed by atoms with Crippen molar-refractivity contribution in [3.8, 4) is 11.3 Å². The van der Waals surface area contributed by atoms with Gasteiger partial charge in [0.15, 0.2) is 0 Å². The molecule has 0 aliphatic carbocycles. The predicted molar refractivity (Wildman–Crippen MR) is 70.3 cm³/mol. The smallest absolute Gasteiger partial charge is 0.310 e. The molecule has 4 nitrogen and oxygen atoms in total. The minimum atomic E-state index is -0.328. The predicted octanol–water partition coefficient (Wildman–Crippen LogP) is 2.29. The zero-order valence-corrected chi connectivity index (χ0v) is 9.84. The molecular weight excluding hydrogens is 226 g/mol. The van der Waals surface area contributed by atoms with Crippen molar-refractivity contribution < 1.29 is 0 Å². The number of aryl methyl sites for hydroxylation is 1. The van der Waals surface area contributed by atoms with Crippen molar-refractivity contribution >= 4 is 10.9 Å². The summed E-state index contributed by atoms with van der Waals surface area (Å²) in [7, 11) is 0. The molecule has 18 heavy (non-hydrogen) atoms. The maximum atomic E-state index is 11.4. The topological polar surface area (TPSA) is 58.6 Å². The molecule has 0 fully saturated rings. The van der Waals surface area contributed by atoms with Gasteiger partial charge in [-0.2, -0.15) is 4.98 Å². The Balaban J connectivity index is 2.34. The zero-order valence-electron chi connectivity index (χ0n) is 9.84. The quantitative estimate of drug-likeness (QED) is 0.706. The van der Waals surface area contributed by atoms with Crippen LogP contribution in [0.15, 0.2) is 47.4 Å². The summed E-state index contributed by atoms with van der Waals surface area (Å²) in [6.45, 7) is 1.84. The SMILES string of the molecule is Cc1cc(-c2cccc3ncccc23)nc(=O)[nH]1. The number of pyridine rings is 1. The number of H-pyrrole nitrogens is 1. The number of aromatic nitrogens is 3. The van der Waals surface area contributed by atoms with Crippen LogP contribution in [-0.2, 0) is 0 Å². The van der Waals surface area contributed by atoms with Crippen molar-refractivity contribution in [3.05, 3.63) is 58.8 Å². The standard InChI is InChI=1S/C14H11N3O/c1-9-8-13(17-14(18)16-9)11-4-2-6-12-10(11)5-3-7-15-12/h2-8H,1H3,(H,16,17,18). The molecule has 0 aliphatic rings. The molecule has 1 N–H and O–H groups in total. The van der Waals surface area contributed by atoms with Gasteiger partial charge in [0.25, 0.3) is 0 Å².